The van der Waals surface area contributed by atoms with Crippen LogP contribution in [0, 0.1) is 0 Å². The van der Waals surface area contributed by atoms with E-state index in [1.165, 1.54) is 0 Å². The van der Waals surface area contributed by atoms with E-state index < -0.39 is 9.84 Å². The fourth-order valence-electron chi connectivity index (χ4n) is 4.00. The van der Waals surface area contributed by atoms with E-state index in [-0.39, 0.29) is 29.6 Å². The fraction of sp³-hybridized carbons (Fsp3) is 0.476. The van der Waals surface area contributed by atoms with Gasteiger partial charge in [-0.15, -0.1) is 0 Å². The van der Waals surface area contributed by atoms with Crippen molar-refractivity contribution in [1.82, 2.24) is 10.2 Å². The van der Waals surface area contributed by atoms with E-state index in [0.717, 1.165) is 16.7 Å². The summed E-state index contributed by atoms with van der Waals surface area (Å²) in [6.07, 6.45) is 1.53. The highest BCUT2D eigenvalue weighted by Gasteiger charge is 2.31. The summed E-state index contributed by atoms with van der Waals surface area (Å²) in [6.45, 7) is 0.951. The number of fused-ring (bicyclic) bond motifs is 1. The number of amides is 1. The Bertz CT molecular complexity index is 1020. The van der Waals surface area contributed by atoms with Gasteiger partial charge in [0.15, 0.2) is 9.84 Å². The molecule has 1 N–H and O–H groups in total. The van der Waals surface area contributed by atoms with Crippen LogP contribution in [0.4, 0.5) is 0 Å². The lowest BCUT2D eigenvalue weighted by Gasteiger charge is -2.22. The monoisotopic (exact) mass is 468 g/mol. The Balaban J connectivity index is 1.25. The molecular formula is C21H25ClN2O4S2. The number of thiophene rings is 1. The number of hydrogen-bond donors (Lipinski definition) is 1. The van der Waals surface area contributed by atoms with E-state index in [0.29, 0.717) is 43.1 Å². The normalized spacial score (nSPS) is 22.1. The lowest BCUT2D eigenvalue weighted by molar-refractivity contribution is -0.121. The topological polar surface area (TPSA) is 75.7 Å². The zero-order valence-electron chi connectivity index (χ0n) is 16.8. The van der Waals surface area contributed by atoms with Crippen LogP contribution in [-0.2, 0) is 21.1 Å². The molecule has 9 heteroatoms. The van der Waals surface area contributed by atoms with Gasteiger partial charge >= 0.3 is 0 Å². The molecule has 0 radical (unpaired) electrons. The van der Waals surface area contributed by atoms with Crippen molar-refractivity contribution >= 4 is 38.7 Å². The largest absolute Gasteiger partial charge is 0.486 e. The van der Waals surface area contributed by atoms with Gasteiger partial charge in [0.2, 0.25) is 5.91 Å². The zero-order chi connectivity index (χ0) is 21.3. The molecule has 0 spiro atoms. The molecule has 1 fully saturated rings. The molecule has 2 atom stereocenters. The van der Waals surface area contributed by atoms with Gasteiger partial charge in [-0.25, -0.2) is 8.42 Å². The molecule has 1 amide bonds. The number of carbonyl (C=O) groups is 1. The molecule has 1 aromatic carbocycles. The number of benzene rings is 1. The van der Waals surface area contributed by atoms with E-state index in [9.17, 15) is 13.2 Å². The average molecular weight is 469 g/mol. The third-order valence-corrected chi connectivity index (χ3v) is 8.47. The number of carbonyl (C=O) groups excluding carboxylic acids is 1. The van der Waals surface area contributed by atoms with E-state index in [4.69, 9.17) is 16.3 Å². The van der Waals surface area contributed by atoms with Crippen LogP contribution in [0.5, 0.6) is 5.75 Å². The van der Waals surface area contributed by atoms with Crippen LogP contribution in [0.25, 0.3) is 11.1 Å². The molecule has 6 nitrogen and oxygen atoms in total. The van der Waals surface area contributed by atoms with Gasteiger partial charge in [0.25, 0.3) is 0 Å². The SMILES string of the molecule is CN(CCC(=O)NC[C@@H]1Cc2cc(-c3ccsc3)cc(Cl)c2O1)[C@H]1CCS(=O)(=O)C1. The van der Waals surface area contributed by atoms with E-state index in [1.54, 1.807) is 11.3 Å². The second-order valence-corrected chi connectivity index (χ2v) is 11.4. The summed E-state index contributed by atoms with van der Waals surface area (Å²) in [5.74, 6) is 1.07. The first-order valence-electron chi connectivity index (χ1n) is 10.00. The molecule has 0 saturated carbocycles. The highest BCUT2D eigenvalue weighted by atomic mass is 35.5. The van der Waals surface area contributed by atoms with Gasteiger partial charge in [-0.1, -0.05) is 11.6 Å². The quantitative estimate of drug-likeness (QED) is 0.676. The Hall–Kier alpha value is -1.61. The molecule has 2 aliphatic rings. The van der Waals surface area contributed by atoms with Crippen LogP contribution in [0.3, 0.4) is 0 Å². The van der Waals surface area contributed by atoms with Crippen molar-refractivity contribution < 1.29 is 17.9 Å². The highest BCUT2D eigenvalue weighted by Crippen LogP contribution is 2.39. The fourth-order valence-corrected chi connectivity index (χ4v) is 6.75. The van der Waals surface area contributed by atoms with Crippen LogP contribution >= 0.6 is 22.9 Å². The maximum atomic E-state index is 12.3. The van der Waals surface area contributed by atoms with Gasteiger partial charge in [0.1, 0.15) is 11.9 Å². The number of rotatable bonds is 7. The van der Waals surface area contributed by atoms with Gasteiger partial charge in [0, 0.05) is 31.0 Å². The van der Waals surface area contributed by atoms with Gasteiger partial charge in [-0.2, -0.15) is 11.3 Å². The van der Waals surface area contributed by atoms with E-state index in [1.807, 2.05) is 23.4 Å². The summed E-state index contributed by atoms with van der Waals surface area (Å²) in [5.41, 5.74) is 3.27. The van der Waals surface area contributed by atoms with Crippen molar-refractivity contribution in [2.75, 3.05) is 31.6 Å². The van der Waals surface area contributed by atoms with Gasteiger partial charge in [0.05, 0.1) is 23.1 Å². The Morgan fingerprint density at radius 2 is 2.20 bits per heavy atom. The molecular weight excluding hydrogens is 444 g/mol. The van der Waals surface area contributed by atoms with Gasteiger partial charge < -0.3 is 15.0 Å². The Morgan fingerprint density at radius 1 is 1.37 bits per heavy atom. The number of nitrogens with one attached hydrogen (secondary N) is 1. The summed E-state index contributed by atoms with van der Waals surface area (Å²) in [5, 5.41) is 7.65. The van der Waals surface area contributed by atoms with Crippen molar-refractivity contribution in [3.8, 4) is 16.9 Å². The van der Waals surface area contributed by atoms with Crippen molar-refractivity contribution in [2.24, 2.45) is 0 Å². The summed E-state index contributed by atoms with van der Waals surface area (Å²) in [4.78, 5) is 14.2. The van der Waals surface area contributed by atoms with Crippen molar-refractivity contribution in [3.63, 3.8) is 0 Å². The molecule has 3 heterocycles. The molecule has 30 heavy (non-hydrogen) atoms. The molecule has 0 aliphatic carbocycles. The minimum atomic E-state index is -2.92. The molecule has 4 rings (SSSR count). The summed E-state index contributed by atoms with van der Waals surface area (Å²) >= 11 is 8.07. The molecule has 2 aromatic rings. The molecule has 162 valence electrons. The van der Waals surface area contributed by atoms with E-state index >= 15 is 0 Å². The van der Waals surface area contributed by atoms with Crippen LogP contribution in [0.15, 0.2) is 29.0 Å². The molecule has 1 aromatic heterocycles. The first-order valence-corrected chi connectivity index (χ1v) is 13.1. The number of ether oxygens (including phenoxy) is 1. The average Bonchev–Trinajstić information content (AvgIpc) is 3.43. The first-order chi connectivity index (χ1) is 14.3. The smallest absolute Gasteiger partial charge is 0.221 e. The number of halogens is 1. The van der Waals surface area contributed by atoms with Crippen molar-refractivity contribution in [2.45, 2.75) is 31.4 Å². The van der Waals surface area contributed by atoms with Crippen molar-refractivity contribution in [3.05, 3.63) is 39.5 Å². The Labute approximate surface area is 186 Å². The summed E-state index contributed by atoms with van der Waals surface area (Å²) < 4.78 is 29.2. The highest BCUT2D eigenvalue weighted by molar-refractivity contribution is 7.91. The van der Waals surface area contributed by atoms with Gasteiger partial charge in [-0.05, 0) is 53.6 Å². The molecule has 0 bridgehead atoms. The number of hydrogen-bond acceptors (Lipinski definition) is 6. The number of sulfone groups is 1. The second-order valence-electron chi connectivity index (χ2n) is 7.99. The van der Waals surface area contributed by atoms with Crippen LogP contribution in [0.2, 0.25) is 5.02 Å². The lowest BCUT2D eigenvalue weighted by atomic mass is 10.0. The van der Waals surface area contributed by atoms with Crippen molar-refractivity contribution in [1.29, 1.82) is 0 Å². The maximum Gasteiger partial charge on any atom is 0.221 e. The predicted molar refractivity (Wildman–Crippen MR) is 120 cm³/mol. The third-order valence-electron chi connectivity index (χ3n) is 5.76. The Kier molecular flexibility index (Phi) is 6.39. The van der Waals surface area contributed by atoms with E-state index in [2.05, 4.69) is 22.8 Å². The summed E-state index contributed by atoms with van der Waals surface area (Å²) in [7, 11) is -1.04. The van der Waals surface area contributed by atoms with Gasteiger partial charge in [-0.3, -0.25) is 4.79 Å². The molecule has 0 unspecified atom stereocenters. The third kappa shape index (κ3) is 4.99. The van der Waals surface area contributed by atoms with Crippen LogP contribution in [-0.4, -0.2) is 63.0 Å². The minimum Gasteiger partial charge on any atom is -0.486 e. The molecule has 1 saturated heterocycles. The minimum absolute atomic E-state index is 0.00929. The number of nitrogens with zero attached hydrogens (tertiary/aromatic N) is 1. The first kappa shape index (κ1) is 21.6. The summed E-state index contributed by atoms with van der Waals surface area (Å²) in [6, 6.07) is 6.10. The van der Waals surface area contributed by atoms with Crippen LogP contribution in [0.1, 0.15) is 18.4 Å². The van der Waals surface area contributed by atoms with Crippen LogP contribution < -0.4 is 10.1 Å². The lowest BCUT2D eigenvalue weighted by Crippen LogP contribution is -2.38. The second kappa shape index (κ2) is 8.86. The Morgan fingerprint density at radius 3 is 2.90 bits per heavy atom. The predicted octanol–water partition coefficient (Wildman–Crippen LogP) is 3.00. The zero-order valence-corrected chi connectivity index (χ0v) is 19.2. The standard InChI is InChI=1S/C21H25ClN2O4S2/c1-24(17-4-7-30(26,27)13-17)5-2-20(25)23-11-18-9-16-8-15(14-3-6-29-12-14)10-19(22)21(16)28-18/h3,6,8,10,12,17-18H,2,4-5,7,9,11,13H2,1H3,(H,23,25)/t17-,18-/m0/s1. The molecule has 2 aliphatic heterocycles. The maximum absolute atomic E-state index is 12.3.